The molecule has 1 heterocycles. The van der Waals surface area contributed by atoms with Crippen LogP contribution in [0, 0.1) is 0 Å². The van der Waals surface area contributed by atoms with Crippen molar-refractivity contribution < 1.29 is 5.11 Å². The van der Waals surface area contributed by atoms with E-state index in [0.29, 0.717) is 5.75 Å². The molecule has 3 heteroatoms. The molecule has 0 saturated carbocycles. The third-order valence-electron chi connectivity index (χ3n) is 3.91. The van der Waals surface area contributed by atoms with Gasteiger partial charge in [-0.3, -0.25) is 0 Å². The molecule has 0 aliphatic rings. The fourth-order valence-electron chi connectivity index (χ4n) is 2.64. The largest absolute Gasteiger partial charge is 0.508 e. The Hall–Kier alpha value is -2.26. The smallest absolute Gasteiger partial charge is 0.115 e. The monoisotopic (exact) mass is 280 g/mol. The fraction of sp³-hybridized carbons (Fsp3) is 0.222. The highest BCUT2D eigenvalue weighted by Crippen LogP contribution is 2.19. The summed E-state index contributed by atoms with van der Waals surface area (Å²) in [5.74, 6) is 0.310. The average molecular weight is 280 g/mol. The Morgan fingerprint density at radius 2 is 1.86 bits per heavy atom. The number of hydrogen-bond acceptors (Lipinski definition) is 2. The highest BCUT2D eigenvalue weighted by atomic mass is 16.3. The van der Waals surface area contributed by atoms with Crippen molar-refractivity contribution >= 4 is 10.9 Å². The van der Waals surface area contributed by atoms with Gasteiger partial charge in [0.15, 0.2) is 0 Å². The van der Waals surface area contributed by atoms with Crippen molar-refractivity contribution in [2.24, 2.45) is 0 Å². The Bertz CT molecular complexity index is 715. The van der Waals surface area contributed by atoms with Gasteiger partial charge in [-0.1, -0.05) is 30.3 Å². The van der Waals surface area contributed by atoms with Gasteiger partial charge < -0.3 is 15.4 Å². The first-order valence-corrected chi connectivity index (χ1v) is 7.31. The Kier molecular flexibility index (Phi) is 3.93. The number of aromatic amines is 1. The van der Waals surface area contributed by atoms with Crippen LogP contribution in [-0.2, 0) is 6.42 Å². The van der Waals surface area contributed by atoms with Crippen molar-refractivity contribution in [1.82, 2.24) is 10.3 Å². The standard InChI is InChI=1S/C18H20N2O/c1-13(14-6-8-16(21)9-7-14)19-11-10-15-12-20-18-5-3-2-4-17(15)18/h2-9,12-13,19-21H,10-11H2,1H3. The number of phenols is 1. The van der Waals surface area contributed by atoms with Crippen molar-refractivity contribution in [2.75, 3.05) is 6.54 Å². The molecule has 1 aromatic heterocycles. The number of aromatic nitrogens is 1. The molecule has 0 spiro atoms. The number of phenolic OH excluding ortho intramolecular Hbond substituents is 1. The van der Waals surface area contributed by atoms with Crippen molar-refractivity contribution in [3.63, 3.8) is 0 Å². The van der Waals surface area contributed by atoms with Crippen LogP contribution in [0.25, 0.3) is 10.9 Å². The third kappa shape index (κ3) is 3.09. The second kappa shape index (κ2) is 6.02. The zero-order valence-corrected chi connectivity index (χ0v) is 12.1. The van der Waals surface area contributed by atoms with E-state index in [4.69, 9.17) is 0 Å². The van der Waals surface area contributed by atoms with Gasteiger partial charge in [0, 0.05) is 23.1 Å². The van der Waals surface area contributed by atoms with E-state index in [0.717, 1.165) is 13.0 Å². The van der Waals surface area contributed by atoms with Crippen LogP contribution < -0.4 is 5.32 Å². The summed E-state index contributed by atoms with van der Waals surface area (Å²) < 4.78 is 0. The lowest BCUT2D eigenvalue weighted by Crippen LogP contribution is -2.21. The Morgan fingerprint density at radius 3 is 2.67 bits per heavy atom. The van der Waals surface area contributed by atoms with Crippen LogP contribution in [0.5, 0.6) is 5.75 Å². The van der Waals surface area contributed by atoms with Crippen LogP contribution in [0.4, 0.5) is 0 Å². The van der Waals surface area contributed by atoms with E-state index in [1.807, 2.05) is 18.2 Å². The molecular weight excluding hydrogens is 260 g/mol. The maximum absolute atomic E-state index is 9.32. The van der Waals surface area contributed by atoms with Gasteiger partial charge in [-0.25, -0.2) is 0 Å². The summed E-state index contributed by atoms with van der Waals surface area (Å²) >= 11 is 0. The van der Waals surface area contributed by atoms with Gasteiger partial charge in [-0.2, -0.15) is 0 Å². The number of para-hydroxylation sites is 1. The van der Waals surface area contributed by atoms with Gasteiger partial charge in [0.05, 0.1) is 0 Å². The van der Waals surface area contributed by atoms with E-state index < -0.39 is 0 Å². The highest BCUT2D eigenvalue weighted by molar-refractivity contribution is 5.83. The molecular formula is C18H20N2O. The summed E-state index contributed by atoms with van der Waals surface area (Å²) in [6.07, 6.45) is 3.09. The maximum atomic E-state index is 9.32. The number of fused-ring (bicyclic) bond motifs is 1. The first kappa shape index (κ1) is 13.7. The fourth-order valence-corrected chi connectivity index (χ4v) is 2.64. The van der Waals surface area contributed by atoms with E-state index in [2.05, 4.69) is 41.6 Å². The number of benzene rings is 2. The Labute approximate surface area is 124 Å². The quantitative estimate of drug-likeness (QED) is 0.666. The normalized spacial score (nSPS) is 12.6. The van der Waals surface area contributed by atoms with Gasteiger partial charge in [-0.05, 0) is 49.2 Å². The molecule has 3 rings (SSSR count). The molecule has 0 fully saturated rings. The third-order valence-corrected chi connectivity index (χ3v) is 3.91. The van der Waals surface area contributed by atoms with E-state index >= 15 is 0 Å². The topological polar surface area (TPSA) is 48.0 Å². The summed E-state index contributed by atoms with van der Waals surface area (Å²) in [6.45, 7) is 3.06. The predicted molar refractivity (Wildman–Crippen MR) is 86.5 cm³/mol. The van der Waals surface area contributed by atoms with E-state index in [9.17, 15) is 5.11 Å². The van der Waals surface area contributed by atoms with Gasteiger partial charge >= 0.3 is 0 Å². The highest BCUT2D eigenvalue weighted by Gasteiger charge is 2.06. The molecule has 0 radical (unpaired) electrons. The van der Waals surface area contributed by atoms with Gasteiger partial charge in [-0.15, -0.1) is 0 Å². The van der Waals surface area contributed by atoms with Crippen LogP contribution in [0.15, 0.2) is 54.7 Å². The van der Waals surface area contributed by atoms with Crippen molar-refractivity contribution in [3.05, 3.63) is 65.9 Å². The van der Waals surface area contributed by atoms with Crippen LogP contribution in [0.2, 0.25) is 0 Å². The predicted octanol–water partition coefficient (Wildman–Crippen LogP) is 3.77. The van der Waals surface area contributed by atoms with Gasteiger partial charge in [0.2, 0.25) is 0 Å². The second-order valence-electron chi connectivity index (χ2n) is 5.38. The average Bonchev–Trinajstić information content (AvgIpc) is 2.91. The minimum absolute atomic E-state index is 0.274. The Morgan fingerprint density at radius 1 is 1.10 bits per heavy atom. The molecule has 1 atom stereocenters. The van der Waals surface area contributed by atoms with E-state index in [-0.39, 0.29) is 6.04 Å². The molecule has 0 aliphatic carbocycles. The summed E-state index contributed by atoms with van der Waals surface area (Å²) in [5, 5.41) is 14.1. The molecule has 3 aromatic rings. The molecule has 2 aromatic carbocycles. The van der Waals surface area contributed by atoms with Crippen molar-refractivity contribution in [1.29, 1.82) is 0 Å². The van der Waals surface area contributed by atoms with Crippen LogP contribution >= 0.6 is 0 Å². The van der Waals surface area contributed by atoms with Crippen LogP contribution in [0.3, 0.4) is 0 Å². The molecule has 0 bridgehead atoms. The molecule has 0 aliphatic heterocycles. The van der Waals surface area contributed by atoms with Gasteiger partial charge in [0.25, 0.3) is 0 Å². The van der Waals surface area contributed by atoms with E-state index in [1.165, 1.54) is 22.0 Å². The minimum Gasteiger partial charge on any atom is -0.508 e. The lowest BCUT2D eigenvalue weighted by atomic mass is 10.1. The van der Waals surface area contributed by atoms with Crippen molar-refractivity contribution in [3.8, 4) is 5.75 Å². The summed E-state index contributed by atoms with van der Waals surface area (Å²) in [7, 11) is 0. The molecule has 21 heavy (non-hydrogen) atoms. The Balaban J connectivity index is 1.59. The molecule has 0 amide bonds. The summed E-state index contributed by atoms with van der Waals surface area (Å²) in [5.41, 5.74) is 3.72. The minimum atomic E-state index is 0.274. The molecule has 0 saturated heterocycles. The number of rotatable bonds is 5. The summed E-state index contributed by atoms with van der Waals surface area (Å²) in [4.78, 5) is 3.31. The zero-order chi connectivity index (χ0) is 14.7. The van der Waals surface area contributed by atoms with Crippen LogP contribution in [0.1, 0.15) is 24.1 Å². The zero-order valence-electron chi connectivity index (χ0n) is 12.1. The maximum Gasteiger partial charge on any atom is 0.115 e. The molecule has 3 N–H and O–H groups in total. The number of hydrogen-bond donors (Lipinski definition) is 3. The van der Waals surface area contributed by atoms with E-state index in [1.54, 1.807) is 12.1 Å². The lowest BCUT2D eigenvalue weighted by molar-refractivity contribution is 0.474. The van der Waals surface area contributed by atoms with Crippen molar-refractivity contribution in [2.45, 2.75) is 19.4 Å². The summed E-state index contributed by atoms with van der Waals surface area (Å²) in [6, 6.07) is 16.0. The molecule has 108 valence electrons. The second-order valence-corrected chi connectivity index (χ2v) is 5.38. The van der Waals surface area contributed by atoms with Gasteiger partial charge in [0.1, 0.15) is 5.75 Å². The first-order chi connectivity index (χ1) is 10.2. The molecule has 3 nitrogen and oxygen atoms in total. The first-order valence-electron chi connectivity index (χ1n) is 7.31. The number of H-pyrrole nitrogens is 1. The van der Waals surface area contributed by atoms with Crippen LogP contribution in [-0.4, -0.2) is 16.6 Å². The number of nitrogens with one attached hydrogen (secondary N) is 2. The molecule has 1 unspecified atom stereocenters. The number of aromatic hydroxyl groups is 1. The SMILES string of the molecule is CC(NCCc1c[nH]c2ccccc12)c1ccc(O)cc1. The lowest BCUT2D eigenvalue weighted by Gasteiger charge is -2.14.